The Morgan fingerprint density at radius 2 is 2.03 bits per heavy atom. The molecule has 3 aromatic rings. The van der Waals surface area contributed by atoms with Gasteiger partial charge in [0.2, 0.25) is 0 Å². The third-order valence-corrected chi connectivity index (χ3v) is 5.55. The van der Waals surface area contributed by atoms with E-state index in [1.165, 1.54) is 6.07 Å². The van der Waals surface area contributed by atoms with Crippen LogP contribution in [0.3, 0.4) is 0 Å². The predicted molar refractivity (Wildman–Crippen MR) is 114 cm³/mol. The molecule has 4 rings (SSSR count). The Kier molecular flexibility index (Phi) is 6.67. The lowest BCUT2D eigenvalue weighted by molar-refractivity contribution is 0.0906. The van der Waals surface area contributed by atoms with Crippen LogP contribution >= 0.6 is 24.0 Å². The van der Waals surface area contributed by atoms with Crippen molar-refractivity contribution in [2.45, 2.75) is 25.8 Å². The van der Waals surface area contributed by atoms with Crippen LogP contribution in [-0.4, -0.2) is 30.4 Å². The fourth-order valence-corrected chi connectivity index (χ4v) is 3.77. The normalized spacial score (nSPS) is 15.2. The minimum Gasteiger partial charge on any atom is -0.468 e. The fourth-order valence-electron chi connectivity index (χ4n) is 3.61. The van der Waals surface area contributed by atoms with Gasteiger partial charge in [-0.05, 0) is 62.7 Å². The molecule has 1 aromatic carbocycles. The number of aryl methyl sites for hydroxylation is 1. The fraction of sp³-hybridized carbons (Fsp3) is 0.333. The first kappa shape index (κ1) is 21.4. The summed E-state index contributed by atoms with van der Waals surface area (Å²) >= 11 is 6.08. The summed E-state index contributed by atoms with van der Waals surface area (Å²) in [6.07, 6.45) is 3.90. The van der Waals surface area contributed by atoms with Crippen molar-refractivity contribution in [2.24, 2.45) is 0 Å². The minimum atomic E-state index is -0.428. The second-order valence-electron chi connectivity index (χ2n) is 7.06. The van der Waals surface area contributed by atoms with Crippen molar-refractivity contribution in [3.63, 3.8) is 0 Å². The number of rotatable bonds is 5. The second kappa shape index (κ2) is 9.03. The third kappa shape index (κ3) is 4.50. The zero-order chi connectivity index (χ0) is 19.7. The summed E-state index contributed by atoms with van der Waals surface area (Å²) in [6.45, 7) is 4.12. The SMILES string of the molecule is Cc1cc2oc(C(=O)NCC(c3ccco3)N3CCCC3)cc(=O)c2cc1Cl.Cl. The summed E-state index contributed by atoms with van der Waals surface area (Å²) in [5.41, 5.74) is 0.832. The van der Waals surface area contributed by atoms with Crippen LogP contribution in [0.2, 0.25) is 5.02 Å². The maximum Gasteiger partial charge on any atom is 0.287 e. The lowest BCUT2D eigenvalue weighted by atomic mass is 10.1. The highest BCUT2D eigenvalue weighted by molar-refractivity contribution is 6.32. The topological polar surface area (TPSA) is 75.7 Å². The lowest BCUT2D eigenvalue weighted by Crippen LogP contribution is -2.36. The number of nitrogens with one attached hydrogen (secondary N) is 1. The summed E-state index contributed by atoms with van der Waals surface area (Å²) in [7, 11) is 0. The number of amides is 1. The van der Waals surface area contributed by atoms with E-state index in [2.05, 4.69) is 10.2 Å². The van der Waals surface area contributed by atoms with Gasteiger partial charge in [0, 0.05) is 17.6 Å². The second-order valence-corrected chi connectivity index (χ2v) is 7.46. The van der Waals surface area contributed by atoms with Crippen molar-refractivity contribution in [1.29, 1.82) is 0 Å². The van der Waals surface area contributed by atoms with Crippen LogP contribution in [0.25, 0.3) is 11.0 Å². The van der Waals surface area contributed by atoms with E-state index in [-0.39, 0.29) is 29.6 Å². The highest BCUT2D eigenvalue weighted by Crippen LogP contribution is 2.25. The smallest absolute Gasteiger partial charge is 0.287 e. The largest absolute Gasteiger partial charge is 0.468 e. The number of furan rings is 1. The Labute approximate surface area is 179 Å². The highest BCUT2D eigenvalue weighted by Gasteiger charge is 2.26. The molecule has 0 radical (unpaired) electrons. The van der Waals surface area contributed by atoms with E-state index in [4.69, 9.17) is 20.4 Å². The Morgan fingerprint density at radius 1 is 1.28 bits per heavy atom. The first-order chi connectivity index (χ1) is 13.5. The number of hydrogen-bond acceptors (Lipinski definition) is 5. The Balaban J connectivity index is 0.00000240. The summed E-state index contributed by atoms with van der Waals surface area (Å²) < 4.78 is 11.2. The molecule has 1 atom stereocenters. The number of fused-ring (bicyclic) bond motifs is 1. The van der Waals surface area contributed by atoms with Crippen LogP contribution in [0, 0.1) is 6.92 Å². The van der Waals surface area contributed by atoms with Gasteiger partial charge >= 0.3 is 0 Å². The number of carbonyl (C=O) groups excluding carboxylic acids is 1. The molecule has 1 N–H and O–H groups in total. The molecule has 29 heavy (non-hydrogen) atoms. The molecule has 1 aliphatic rings. The Bertz CT molecular complexity index is 1060. The molecule has 0 saturated carbocycles. The van der Waals surface area contributed by atoms with Gasteiger partial charge in [-0.2, -0.15) is 0 Å². The molecule has 1 aliphatic heterocycles. The van der Waals surface area contributed by atoms with E-state index in [1.54, 1.807) is 18.4 Å². The number of benzene rings is 1. The highest BCUT2D eigenvalue weighted by atomic mass is 35.5. The van der Waals surface area contributed by atoms with Crippen molar-refractivity contribution in [3.8, 4) is 0 Å². The van der Waals surface area contributed by atoms with Crippen LogP contribution in [0.1, 0.15) is 40.8 Å². The molecule has 154 valence electrons. The molecule has 6 nitrogen and oxygen atoms in total. The van der Waals surface area contributed by atoms with Gasteiger partial charge < -0.3 is 14.2 Å². The molecule has 1 amide bonds. The molecular weight excluding hydrogens is 415 g/mol. The Hall–Kier alpha value is -2.28. The number of likely N-dealkylation sites (tertiary alicyclic amines) is 1. The van der Waals surface area contributed by atoms with E-state index >= 15 is 0 Å². The zero-order valence-electron chi connectivity index (χ0n) is 15.9. The molecule has 1 unspecified atom stereocenters. The molecule has 8 heteroatoms. The van der Waals surface area contributed by atoms with Gasteiger partial charge in [0.15, 0.2) is 11.2 Å². The first-order valence-corrected chi connectivity index (χ1v) is 9.70. The Morgan fingerprint density at radius 3 is 2.72 bits per heavy atom. The quantitative estimate of drug-likeness (QED) is 0.643. The van der Waals surface area contributed by atoms with Crippen molar-refractivity contribution in [2.75, 3.05) is 19.6 Å². The maximum absolute atomic E-state index is 12.7. The monoisotopic (exact) mass is 436 g/mol. The minimum absolute atomic E-state index is 0. The van der Waals surface area contributed by atoms with E-state index in [0.717, 1.165) is 37.3 Å². The molecule has 0 bridgehead atoms. The van der Waals surface area contributed by atoms with Crippen LogP contribution in [0.15, 0.2) is 50.2 Å². The van der Waals surface area contributed by atoms with Crippen molar-refractivity contribution in [3.05, 3.63) is 68.9 Å². The predicted octanol–water partition coefficient (Wildman–Crippen LogP) is 4.34. The van der Waals surface area contributed by atoms with Gasteiger partial charge in [0.25, 0.3) is 5.91 Å². The molecule has 3 heterocycles. The molecule has 2 aromatic heterocycles. The van der Waals surface area contributed by atoms with Gasteiger partial charge in [-0.1, -0.05) is 11.6 Å². The molecule has 1 saturated heterocycles. The van der Waals surface area contributed by atoms with E-state index < -0.39 is 5.91 Å². The summed E-state index contributed by atoms with van der Waals surface area (Å²) in [4.78, 5) is 27.3. The van der Waals surface area contributed by atoms with Crippen LogP contribution in [-0.2, 0) is 0 Å². The van der Waals surface area contributed by atoms with Gasteiger partial charge in [0.1, 0.15) is 11.3 Å². The van der Waals surface area contributed by atoms with Gasteiger partial charge in [-0.3, -0.25) is 14.5 Å². The lowest BCUT2D eigenvalue weighted by Gasteiger charge is -2.25. The van der Waals surface area contributed by atoms with Crippen molar-refractivity contribution in [1.82, 2.24) is 10.2 Å². The number of carbonyl (C=O) groups is 1. The first-order valence-electron chi connectivity index (χ1n) is 9.32. The van der Waals surface area contributed by atoms with E-state index in [9.17, 15) is 9.59 Å². The van der Waals surface area contributed by atoms with Gasteiger partial charge in [-0.25, -0.2) is 0 Å². The summed E-state index contributed by atoms with van der Waals surface area (Å²) in [5.74, 6) is 0.369. The van der Waals surface area contributed by atoms with Crippen LogP contribution < -0.4 is 10.7 Å². The molecule has 1 fully saturated rings. The molecule has 0 spiro atoms. The van der Waals surface area contributed by atoms with Crippen LogP contribution in [0.5, 0.6) is 0 Å². The number of hydrogen-bond donors (Lipinski definition) is 1. The van der Waals surface area contributed by atoms with Crippen molar-refractivity contribution >= 4 is 40.9 Å². The number of halogens is 2. The standard InChI is InChI=1S/C21H21ClN2O4.ClH/c1-13-9-19-14(10-15(13)22)17(25)11-20(28-19)21(26)23-12-16(18-5-4-8-27-18)24-6-2-3-7-24;/h4-5,8-11,16H,2-3,6-7,12H2,1H3,(H,23,26);1H. The average molecular weight is 437 g/mol. The van der Waals surface area contributed by atoms with Gasteiger partial charge in [-0.15, -0.1) is 12.4 Å². The third-order valence-electron chi connectivity index (χ3n) is 5.14. The van der Waals surface area contributed by atoms with Crippen molar-refractivity contribution < 1.29 is 13.6 Å². The van der Waals surface area contributed by atoms with E-state index in [1.807, 2.05) is 19.1 Å². The maximum atomic E-state index is 12.7. The summed E-state index contributed by atoms with van der Waals surface area (Å²) in [6, 6.07) is 8.16. The molecular formula is C21H22Cl2N2O4. The summed E-state index contributed by atoms with van der Waals surface area (Å²) in [5, 5.41) is 3.73. The average Bonchev–Trinajstić information content (AvgIpc) is 3.38. The van der Waals surface area contributed by atoms with Crippen LogP contribution in [0.4, 0.5) is 0 Å². The van der Waals surface area contributed by atoms with Gasteiger partial charge in [0.05, 0.1) is 17.7 Å². The van der Waals surface area contributed by atoms with E-state index in [0.29, 0.717) is 22.5 Å². The number of nitrogens with zero attached hydrogens (tertiary/aromatic N) is 1. The molecule has 0 aliphatic carbocycles. The zero-order valence-corrected chi connectivity index (χ0v) is 17.5.